The van der Waals surface area contributed by atoms with E-state index >= 15 is 0 Å². The van der Waals surface area contributed by atoms with Gasteiger partial charge in [-0.05, 0) is 25.1 Å². The molecule has 0 radical (unpaired) electrons. The van der Waals surface area contributed by atoms with Crippen LogP contribution in [0.2, 0.25) is 0 Å². The molecule has 21 heavy (non-hydrogen) atoms. The summed E-state index contributed by atoms with van der Waals surface area (Å²) >= 11 is 4.87. The summed E-state index contributed by atoms with van der Waals surface area (Å²) < 4.78 is 5.94. The third kappa shape index (κ3) is 2.82. The Morgan fingerprint density at radius 3 is 3.05 bits per heavy atom. The molecule has 0 saturated heterocycles. The summed E-state index contributed by atoms with van der Waals surface area (Å²) in [6.45, 7) is 2.14. The SMILES string of the molecule is CCOC(=O)c1cnc(-c2cc(Br)c3cccnc3c2)s1. The van der Waals surface area contributed by atoms with Gasteiger partial charge in [0.25, 0.3) is 0 Å². The number of esters is 1. The van der Waals surface area contributed by atoms with Crippen LogP contribution in [0.5, 0.6) is 0 Å². The van der Waals surface area contributed by atoms with E-state index in [4.69, 9.17) is 4.74 Å². The Labute approximate surface area is 133 Å². The second kappa shape index (κ2) is 5.91. The van der Waals surface area contributed by atoms with E-state index in [0.29, 0.717) is 11.5 Å². The predicted octanol–water partition coefficient (Wildman–Crippen LogP) is 4.30. The van der Waals surface area contributed by atoms with Crippen molar-refractivity contribution >= 4 is 44.1 Å². The highest BCUT2D eigenvalue weighted by Crippen LogP contribution is 2.32. The van der Waals surface area contributed by atoms with Gasteiger partial charge in [0.1, 0.15) is 9.88 Å². The lowest BCUT2D eigenvalue weighted by Crippen LogP contribution is -2.01. The predicted molar refractivity (Wildman–Crippen MR) is 86.5 cm³/mol. The number of nitrogens with zero attached hydrogens (tertiary/aromatic N) is 2. The molecule has 2 heterocycles. The van der Waals surface area contributed by atoms with Gasteiger partial charge in [0, 0.05) is 21.6 Å². The first-order valence-corrected chi connectivity index (χ1v) is 7.97. The maximum absolute atomic E-state index is 11.7. The number of aromatic nitrogens is 2. The fraction of sp³-hybridized carbons (Fsp3) is 0.133. The van der Waals surface area contributed by atoms with E-state index in [1.54, 1.807) is 19.3 Å². The molecule has 2 aromatic heterocycles. The molecule has 0 N–H and O–H groups in total. The number of ether oxygens (including phenoxy) is 1. The summed E-state index contributed by atoms with van der Waals surface area (Å²) in [5, 5.41) is 1.81. The fourth-order valence-corrected chi connectivity index (χ4v) is 3.34. The molecule has 0 amide bonds. The molecule has 0 aliphatic carbocycles. The Hall–Kier alpha value is -1.79. The normalized spacial score (nSPS) is 10.8. The van der Waals surface area contributed by atoms with Crippen LogP contribution in [-0.2, 0) is 4.74 Å². The standard InChI is InChI=1S/C15H11BrN2O2S/c1-2-20-15(19)13-8-18-14(21-13)9-6-11(16)10-4-3-5-17-12(10)7-9/h3-8H,2H2,1H3. The second-order valence-corrected chi connectivity index (χ2v) is 6.16. The highest BCUT2D eigenvalue weighted by molar-refractivity contribution is 9.10. The minimum absolute atomic E-state index is 0.334. The van der Waals surface area contributed by atoms with Crippen LogP contribution in [0.4, 0.5) is 0 Å². The summed E-state index contributed by atoms with van der Waals surface area (Å²) in [7, 11) is 0. The van der Waals surface area contributed by atoms with Crippen molar-refractivity contribution in [2.24, 2.45) is 0 Å². The summed E-state index contributed by atoms with van der Waals surface area (Å²) in [4.78, 5) is 20.9. The zero-order valence-electron chi connectivity index (χ0n) is 11.2. The fourth-order valence-electron chi connectivity index (χ4n) is 1.97. The molecule has 3 aromatic rings. The van der Waals surface area contributed by atoms with Gasteiger partial charge in [-0.15, -0.1) is 11.3 Å². The molecule has 4 nitrogen and oxygen atoms in total. The number of rotatable bonds is 3. The van der Waals surface area contributed by atoms with Crippen molar-refractivity contribution in [1.82, 2.24) is 9.97 Å². The van der Waals surface area contributed by atoms with Crippen molar-refractivity contribution in [2.45, 2.75) is 6.92 Å². The van der Waals surface area contributed by atoms with E-state index in [-0.39, 0.29) is 5.97 Å². The number of hydrogen-bond donors (Lipinski definition) is 0. The highest BCUT2D eigenvalue weighted by Gasteiger charge is 2.13. The van der Waals surface area contributed by atoms with Crippen LogP contribution in [-0.4, -0.2) is 22.5 Å². The molecule has 0 spiro atoms. The minimum atomic E-state index is -0.334. The van der Waals surface area contributed by atoms with Gasteiger partial charge in [0.15, 0.2) is 0 Å². The van der Waals surface area contributed by atoms with Gasteiger partial charge in [-0.25, -0.2) is 9.78 Å². The molecule has 6 heteroatoms. The highest BCUT2D eigenvalue weighted by atomic mass is 79.9. The van der Waals surface area contributed by atoms with Gasteiger partial charge in [-0.1, -0.05) is 22.0 Å². The molecular weight excluding hydrogens is 352 g/mol. The Kier molecular flexibility index (Phi) is 3.98. The van der Waals surface area contributed by atoms with Crippen LogP contribution >= 0.6 is 27.3 Å². The molecule has 0 fully saturated rings. The number of carbonyl (C=O) groups is 1. The monoisotopic (exact) mass is 362 g/mol. The van der Waals surface area contributed by atoms with E-state index in [1.807, 2.05) is 24.3 Å². The number of halogens is 1. The molecule has 0 aliphatic rings. The number of pyridine rings is 1. The zero-order chi connectivity index (χ0) is 14.8. The van der Waals surface area contributed by atoms with Crippen molar-refractivity contribution in [2.75, 3.05) is 6.61 Å². The third-order valence-corrected chi connectivity index (χ3v) is 4.58. The van der Waals surface area contributed by atoms with Crippen molar-refractivity contribution in [1.29, 1.82) is 0 Å². The lowest BCUT2D eigenvalue weighted by molar-refractivity contribution is 0.0532. The summed E-state index contributed by atoms with van der Waals surface area (Å²) in [6.07, 6.45) is 3.30. The lowest BCUT2D eigenvalue weighted by atomic mass is 10.1. The smallest absolute Gasteiger partial charge is 0.349 e. The molecule has 0 aliphatic heterocycles. The Bertz CT molecular complexity index is 816. The first kappa shape index (κ1) is 14.2. The number of thiazole rings is 1. The van der Waals surface area contributed by atoms with Gasteiger partial charge in [-0.3, -0.25) is 4.98 Å². The van der Waals surface area contributed by atoms with Gasteiger partial charge in [-0.2, -0.15) is 0 Å². The summed E-state index contributed by atoms with van der Waals surface area (Å²) in [6, 6.07) is 7.85. The van der Waals surface area contributed by atoms with Crippen LogP contribution in [0.3, 0.4) is 0 Å². The van der Waals surface area contributed by atoms with Crippen molar-refractivity contribution in [3.8, 4) is 10.6 Å². The average Bonchev–Trinajstić information content (AvgIpc) is 2.97. The lowest BCUT2D eigenvalue weighted by Gasteiger charge is -2.03. The van der Waals surface area contributed by atoms with E-state index in [1.165, 1.54) is 11.3 Å². The number of hydrogen-bond acceptors (Lipinski definition) is 5. The van der Waals surface area contributed by atoms with Crippen LogP contribution in [0.25, 0.3) is 21.5 Å². The van der Waals surface area contributed by atoms with E-state index in [9.17, 15) is 4.79 Å². The molecule has 1 aromatic carbocycles. The minimum Gasteiger partial charge on any atom is -0.462 e. The van der Waals surface area contributed by atoms with Crippen molar-refractivity contribution < 1.29 is 9.53 Å². The van der Waals surface area contributed by atoms with Crippen molar-refractivity contribution in [3.05, 3.63) is 46.0 Å². The van der Waals surface area contributed by atoms with Crippen molar-refractivity contribution in [3.63, 3.8) is 0 Å². The first-order valence-electron chi connectivity index (χ1n) is 6.36. The average molecular weight is 363 g/mol. The maximum Gasteiger partial charge on any atom is 0.349 e. The molecule has 0 unspecified atom stereocenters. The topological polar surface area (TPSA) is 52.1 Å². The van der Waals surface area contributed by atoms with Crippen LogP contribution < -0.4 is 0 Å². The molecule has 106 valence electrons. The zero-order valence-corrected chi connectivity index (χ0v) is 13.6. The van der Waals surface area contributed by atoms with E-state index < -0.39 is 0 Å². The third-order valence-electron chi connectivity index (χ3n) is 2.90. The first-order chi connectivity index (χ1) is 10.2. The van der Waals surface area contributed by atoms with Gasteiger partial charge >= 0.3 is 5.97 Å². The number of carbonyl (C=O) groups excluding carboxylic acids is 1. The van der Waals surface area contributed by atoms with Gasteiger partial charge in [0.2, 0.25) is 0 Å². The van der Waals surface area contributed by atoms with E-state index in [0.717, 1.165) is 25.9 Å². The quantitative estimate of drug-likeness (QED) is 0.651. The second-order valence-electron chi connectivity index (χ2n) is 4.28. The van der Waals surface area contributed by atoms with Crippen LogP contribution in [0, 0.1) is 0 Å². The number of fused-ring (bicyclic) bond motifs is 1. The van der Waals surface area contributed by atoms with Crippen LogP contribution in [0.1, 0.15) is 16.6 Å². The Morgan fingerprint density at radius 2 is 2.24 bits per heavy atom. The Morgan fingerprint density at radius 1 is 1.38 bits per heavy atom. The molecule has 0 bridgehead atoms. The molecule has 3 rings (SSSR count). The molecular formula is C15H11BrN2O2S. The number of benzene rings is 1. The maximum atomic E-state index is 11.7. The van der Waals surface area contributed by atoms with E-state index in [2.05, 4.69) is 25.9 Å². The Balaban J connectivity index is 2.03. The van der Waals surface area contributed by atoms with Crippen LogP contribution in [0.15, 0.2) is 41.1 Å². The summed E-state index contributed by atoms with van der Waals surface area (Å²) in [5.41, 5.74) is 1.81. The van der Waals surface area contributed by atoms with Gasteiger partial charge < -0.3 is 4.74 Å². The molecule has 0 atom stereocenters. The molecule has 0 saturated carbocycles. The van der Waals surface area contributed by atoms with Gasteiger partial charge in [0.05, 0.1) is 18.3 Å². The largest absolute Gasteiger partial charge is 0.462 e. The summed E-state index contributed by atoms with van der Waals surface area (Å²) in [5.74, 6) is -0.334.